The predicted molar refractivity (Wildman–Crippen MR) is 97.6 cm³/mol. The number of benzene rings is 1. The summed E-state index contributed by atoms with van der Waals surface area (Å²) in [5.74, 6) is 1.11. The summed E-state index contributed by atoms with van der Waals surface area (Å²) in [4.78, 5) is 12.6. The number of amides is 1. The first-order valence-corrected chi connectivity index (χ1v) is 9.48. The fraction of sp³-hybridized carbons (Fsp3) is 0.650. The summed E-state index contributed by atoms with van der Waals surface area (Å²) in [7, 11) is 0. The van der Waals surface area contributed by atoms with E-state index in [1.807, 2.05) is 6.07 Å². The lowest BCUT2D eigenvalue weighted by Crippen LogP contribution is -2.40. The highest BCUT2D eigenvalue weighted by atomic mass is 16.5. The topological polar surface area (TPSA) is 62.4 Å². The van der Waals surface area contributed by atoms with Crippen LogP contribution in [-0.2, 0) is 17.8 Å². The average Bonchev–Trinajstić information content (AvgIpc) is 3.12. The lowest BCUT2D eigenvalue weighted by Gasteiger charge is -2.33. The lowest BCUT2D eigenvalue weighted by atomic mass is 9.77. The number of fused-ring (bicyclic) bond motifs is 1. The summed E-state index contributed by atoms with van der Waals surface area (Å²) in [6, 6.07) is 6.20. The van der Waals surface area contributed by atoms with Gasteiger partial charge in [-0.2, -0.15) is 0 Å². The molecule has 4 rings (SSSR count). The first-order chi connectivity index (χ1) is 11.9. The Morgan fingerprint density at radius 2 is 2.12 bits per heavy atom. The second kappa shape index (κ2) is 6.29. The van der Waals surface area contributed by atoms with Crippen molar-refractivity contribution >= 4 is 5.91 Å². The van der Waals surface area contributed by atoms with Crippen LogP contribution in [0.4, 0.5) is 0 Å². The quantitative estimate of drug-likeness (QED) is 0.782. The van der Waals surface area contributed by atoms with Crippen molar-refractivity contribution < 1.29 is 9.53 Å². The van der Waals surface area contributed by atoms with E-state index in [2.05, 4.69) is 41.9 Å². The molecular formula is C20H29N3O2. The Bertz CT molecular complexity index is 665. The maximum absolute atomic E-state index is 12.6. The van der Waals surface area contributed by atoms with E-state index in [1.54, 1.807) is 0 Å². The molecular weight excluding hydrogens is 314 g/mol. The van der Waals surface area contributed by atoms with Crippen molar-refractivity contribution in [3.8, 4) is 5.75 Å². The van der Waals surface area contributed by atoms with Crippen molar-refractivity contribution in [2.24, 2.45) is 5.41 Å². The molecule has 0 aliphatic carbocycles. The summed E-state index contributed by atoms with van der Waals surface area (Å²) in [6.07, 6.45) is 4.23. The molecule has 25 heavy (non-hydrogen) atoms. The second-order valence-electron chi connectivity index (χ2n) is 8.59. The predicted octanol–water partition coefficient (Wildman–Crippen LogP) is 1.75. The molecule has 3 N–H and O–H groups in total. The molecule has 1 spiro atoms. The zero-order chi connectivity index (χ0) is 17.5. The molecule has 0 bridgehead atoms. The normalized spacial score (nSPS) is 26.2. The Hall–Kier alpha value is -1.59. The Labute approximate surface area is 149 Å². The summed E-state index contributed by atoms with van der Waals surface area (Å²) >= 11 is 0. The van der Waals surface area contributed by atoms with Gasteiger partial charge in [-0.1, -0.05) is 12.1 Å². The fourth-order valence-electron chi connectivity index (χ4n) is 4.53. The average molecular weight is 343 g/mol. The van der Waals surface area contributed by atoms with E-state index < -0.39 is 0 Å². The molecule has 3 aliphatic rings. The van der Waals surface area contributed by atoms with Crippen LogP contribution in [0.3, 0.4) is 0 Å². The number of carbonyl (C=O) groups is 1. The molecule has 136 valence electrons. The van der Waals surface area contributed by atoms with Crippen molar-refractivity contribution in [1.29, 1.82) is 0 Å². The third-order valence-corrected chi connectivity index (χ3v) is 5.94. The van der Waals surface area contributed by atoms with Crippen LogP contribution in [0.15, 0.2) is 18.2 Å². The molecule has 1 amide bonds. The fourth-order valence-corrected chi connectivity index (χ4v) is 4.53. The van der Waals surface area contributed by atoms with Crippen molar-refractivity contribution in [3.05, 3.63) is 29.3 Å². The number of ether oxygens (including phenoxy) is 1. The van der Waals surface area contributed by atoms with E-state index in [-0.39, 0.29) is 17.6 Å². The van der Waals surface area contributed by atoms with Gasteiger partial charge in [0, 0.05) is 19.5 Å². The molecule has 0 unspecified atom stereocenters. The second-order valence-corrected chi connectivity index (χ2v) is 8.59. The van der Waals surface area contributed by atoms with Crippen LogP contribution in [0.2, 0.25) is 0 Å². The Kier molecular flexibility index (Phi) is 4.24. The van der Waals surface area contributed by atoms with Gasteiger partial charge in [-0.25, -0.2) is 0 Å². The summed E-state index contributed by atoms with van der Waals surface area (Å²) in [5, 5.41) is 9.98. The van der Waals surface area contributed by atoms with E-state index in [0.29, 0.717) is 12.0 Å². The minimum atomic E-state index is -0.124. The SMILES string of the molecule is CC1(C)Cc2cc(CNC(=O)[C@@H]3CC4(CCNCC4)CN3)ccc2O1. The minimum absolute atomic E-state index is 0.0465. The van der Waals surface area contributed by atoms with Gasteiger partial charge in [-0.3, -0.25) is 4.79 Å². The van der Waals surface area contributed by atoms with Crippen molar-refractivity contribution in [1.82, 2.24) is 16.0 Å². The first-order valence-electron chi connectivity index (χ1n) is 9.48. The van der Waals surface area contributed by atoms with Crippen LogP contribution >= 0.6 is 0 Å². The highest BCUT2D eigenvalue weighted by Crippen LogP contribution is 2.37. The lowest BCUT2D eigenvalue weighted by molar-refractivity contribution is -0.123. The maximum Gasteiger partial charge on any atom is 0.237 e. The van der Waals surface area contributed by atoms with Gasteiger partial charge < -0.3 is 20.7 Å². The zero-order valence-electron chi connectivity index (χ0n) is 15.3. The van der Waals surface area contributed by atoms with Gasteiger partial charge in [0.05, 0.1) is 6.04 Å². The maximum atomic E-state index is 12.6. The smallest absolute Gasteiger partial charge is 0.237 e. The summed E-state index contributed by atoms with van der Waals surface area (Å²) in [6.45, 7) is 7.91. The number of piperidine rings is 1. The third kappa shape index (κ3) is 3.53. The standard InChI is InChI=1S/C20H29N3O2/c1-19(2)10-15-9-14(3-4-17(15)25-19)12-22-18(24)16-11-20(13-23-16)5-7-21-8-6-20/h3-4,9,16,21,23H,5-8,10-13H2,1-2H3,(H,22,24)/t16-/m0/s1. The van der Waals surface area contributed by atoms with Crippen LogP contribution in [0.5, 0.6) is 5.75 Å². The van der Waals surface area contributed by atoms with E-state index >= 15 is 0 Å². The molecule has 0 aromatic heterocycles. The first kappa shape index (κ1) is 16.9. The number of hydrogen-bond donors (Lipinski definition) is 3. The van der Waals surface area contributed by atoms with Gasteiger partial charge in [0.2, 0.25) is 5.91 Å². The highest BCUT2D eigenvalue weighted by molar-refractivity contribution is 5.82. The molecule has 0 saturated carbocycles. The van der Waals surface area contributed by atoms with Gasteiger partial charge >= 0.3 is 0 Å². The van der Waals surface area contributed by atoms with Gasteiger partial charge in [0.15, 0.2) is 0 Å². The van der Waals surface area contributed by atoms with Crippen LogP contribution in [-0.4, -0.2) is 37.2 Å². The summed E-state index contributed by atoms with van der Waals surface area (Å²) in [5.41, 5.74) is 2.58. The Balaban J connectivity index is 1.33. The highest BCUT2D eigenvalue weighted by Gasteiger charge is 2.42. The van der Waals surface area contributed by atoms with Crippen molar-refractivity contribution in [3.63, 3.8) is 0 Å². The largest absolute Gasteiger partial charge is 0.487 e. The molecule has 1 aromatic carbocycles. The molecule has 3 aliphatic heterocycles. The molecule has 2 fully saturated rings. The number of carbonyl (C=O) groups excluding carboxylic acids is 1. The molecule has 0 radical (unpaired) electrons. The van der Waals surface area contributed by atoms with Gasteiger partial charge in [-0.05, 0) is 68.8 Å². The van der Waals surface area contributed by atoms with Crippen LogP contribution in [0.25, 0.3) is 0 Å². The number of rotatable bonds is 3. The molecule has 5 nitrogen and oxygen atoms in total. The molecule has 5 heteroatoms. The van der Waals surface area contributed by atoms with E-state index in [1.165, 1.54) is 18.4 Å². The summed E-state index contributed by atoms with van der Waals surface area (Å²) < 4.78 is 5.92. The minimum Gasteiger partial charge on any atom is -0.487 e. The Morgan fingerprint density at radius 1 is 1.32 bits per heavy atom. The molecule has 1 aromatic rings. The van der Waals surface area contributed by atoms with E-state index in [9.17, 15) is 4.79 Å². The zero-order valence-corrected chi connectivity index (χ0v) is 15.3. The van der Waals surface area contributed by atoms with Crippen molar-refractivity contribution in [2.45, 2.75) is 57.7 Å². The van der Waals surface area contributed by atoms with Crippen LogP contribution in [0, 0.1) is 5.41 Å². The molecule has 1 atom stereocenters. The third-order valence-electron chi connectivity index (χ3n) is 5.94. The van der Waals surface area contributed by atoms with Crippen molar-refractivity contribution in [2.75, 3.05) is 19.6 Å². The number of nitrogens with one attached hydrogen (secondary N) is 3. The van der Waals surface area contributed by atoms with Crippen LogP contribution in [0.1, 0.15) is 44.2 Å². The van der Waals surface area contributed by atoms with E-state index in [0.717, 1.165) is 43.8 Å². The molecule has 3 heterocycles. The molecule has 2 saturated heterocycles. The monoisotopic (exact) mass is 343 g/mol. The Morgan fingerprint density at radius 3 is 2.92 bits per heavy atom. The van der Waals surface area contributed by atoms with Gasteiger partial charge in [0.25, 0.3) is 0 Å². The van der Waals surface area contributed by atoms with Gasteiger partial charge in [0.1, 0.15) is 11.4 Å². The van der Waals surface area contributed by atoms with Crippen LogP contribution < -0.4 is 20.7 Å². The number of hydrogen-bond acceptors (Lipinski definition) is 4. The van der Waals surface area contributed by atoms with E-state index in [4.69, 9.17) is 4.74 Å². The van der Waals surface area contributed by atoms with Gasteiger partial charge in [-0.15, -0.1) is 0 Å².